The topological polar surface area (TPSA) is 58.2 Å². The van der Waals surface area contributed by atoms with Gasteiger partial charge < -0.3 is 10.6 Å². The molecule has 0 unspecified atom stereocenters. The van der Waals surface area contributed by atoms with Gasteiger partial charge in [0.05, 0.1) is 0 Å². The zero-order chi connectivity index (χ0) is 17.0. The van der Waals surface area contributed by atoms with Crippen LogP contribution in [0.15, 0.2) is 36.4 Å². The van der Waals surface area contributed by atoms with Crippen LogP contribution in [0.4, 0.5) is 11.4 Å². The lowest BCUT2D eigenvalue weighted by Crippen LogP contribution is -2.21. The van der Waals surface area contributed by atoms with E-state index in [0.717, 1.165) is 16.7 Å². The van der Waals surface area contributed by atoms with E-state index in [1.54, 1.807) is 18.2 Å². The fraction of sp³-hybridized carbons (Fsp3) is 0.222. The third-order valence-electron chi connectivity index (χ3n) is 3.37. The fourth-order valence-electron chi connectivity index (χ4n) is 2.34. The lowest BCUT2D eigenvalue weighted by molar-refractivity contribution is -0.123. The minimum absolute atomic E-state index is 0.251. The lowest BCUT2D eigenvalue weighted by Gasteiger charge is -2.10. The van der Waals surface area contributed by atoms with E-state index in [4.69, 9.17) is 11.6 Å². The Labute approximate surface area is 140 Å². The second-order valence-electron chi connectivity index (χ2n) is 5.56. The number of anilines is 2. The van der Waals surface area contributed by atoms with Crippen molar-refractivity contribution in [3.63, 3.8) is 0 Å². The Morgan fingerprint density at radius 1 is 0.957 bits per heavy atom. The molecule has 23 heavy (non-hydrogen) atoms. The summed E-state index contributed by atoms with van der Waals surface area (Å²) >= 11 is 6.01. The molecule has 0 fully saturated rings. The summed E-state index contributed by atoms with van der Waals surface area (Å²) in [4.78, 5) is 24.0. The summed E-state index contributed by atoms with van der Waals surface area (Å²) in [7, 11) is 0. The van der Waals surface area contributed by atoms with Crippen molar-refractivity contribution in [1.82, 2.24) is 0 Å². The highest BCUT2D eigenvalue weighted by molar-refractivity contribution is 6.31. The first-order valence-corrected chi connectivity index (χ1v) is 7.66. The first-order chi connectivity index (χ1) is 10.8. The number of aryl methyl sites for hydroxylation is 2. The Kier molecular flexibility index (Phi) is 5.40. The molecule has 0 atom stereocenters. The second kappa shape index (κ2) is 7.29. The molecule has 0 saturated carbocycles. The average molecular weight is 331 g/mol. The van der Waals surface area contributed by atoms with Crippen molar-refractivity contribution < 1.29 is 9.59 Å². The molecule has 0 aliphatic heterocycles. The molecule has 2 amide bonds. The van der Waals surface area contributed by atoms with Crippen LogP contribution in [0.3, 0.4) is 0 Å². The van der Waals surface area contributed by atoms with Gasteiger partial charge in [-0.05, 0) is 61.7 Å². The SMILES string of the molecule is Cc1cc(C)cc(NC(=O)CC(=O)Nc2cccc(Cl)c2C)c1. The number of hydrogen-bond donors (Lipinski definition) is 2. The van der Waals surface area contributed by atoms with Crippen molar-refractivity contribution in [2.24, 2.45) is 0 Å². The molecule has 0 heterocycles. The van der Waals surface area contributed by atoms with Crippen molar-refractivity contribution in [1.29, 1.82) is 0 Å². The van der Waals surface area contributed by atoms with Gasteiger partial charge in [-0.3, -0.25) is 9.59 Å². The Bertz CT molecular complexity index is 736. The van der Waals surface area contributed by atoms with Crippen molar-refractivity contribution in [3.8, 4) is 0 Å². The normalized spacial score (nSPS) is 10.3. The Balaban J connectivity index is 1.97. The lowest BCUT2D eigenvalue weighted by atomic mass is 10.1. The molecule has 2 rings (SSSR count). The van der Waals surface area contributed by atoms with Crippen molar-refractivity contribution in [2.75, 3.05) is 10.6 Å². The van der Waals surface area contributed by atoms with Gasteiger partial charge in [0, 0.05) is 16.4 Å². The molecule has 0 spiro atoms. The molecule has 0 saturated heterocycles. The van der Waals surface area contributed by atoms with Crippen LogP contribution < -0.4 is 10.6 Å². The monoisotopic (exact) mass is 330 g/mol. The van der Waals surface area contributed by atoms with Crippen LogP contribution in [-0.4, -0.2) is 11.8 Å². The van der Waals surface area contributed by atoms with E-state index >= 15 is 0 Å². The first kappa shape index (κ1) is 17.0. The second-order valence-corrected chi connectivity index (χ2v) is 5.97. The van der Waals surface area contributed by atoms with Crippen molar-refractivity contribution in [3.05, 3.63) is 58.1 Å². The van der Waals surface area contributed by atoms with E-state index in [2.05, 4.69) is 10.6 Å². The highest BCUT2D eigenvalue weighted by atomic mass is 35.5. The van der Waals surface area contributed by atoms with Gasteiger partial charge >= 0.3 is 0 Å². The minimum Gasteiger partial charge on any atom is -0.326 e. The summed E-state index contributed by atoms with van der Waals surface area (Å²) in [5.74, 6) is -0.732. The third-order valence-corrected chi connectivity index (χ3v) is 3.78. The maximum atomic E-state index is 12.0. The first-order valence-electron chi connectivity index (χ1n) is 7.28. The molecule has 2 aromatic rings. The molecule has 2 N–H and O–H groups in total. The zero-order valence-corrected chi connectivity index (χ0v) is 14.1. The molecule has 0 radical (unpaired) electrons. The summed E-state index contributed by atoms with van der Waals surface area (Å²) in [6.45, 7) is 5.72. The molecule has 0 aliphatic rings. The van der Waals surface area contributed by atoms with E-state index in [1.165, 1.54) is 0 Å². The number of hydrogen-bond acceptors (Lipinski definition) is 2. The predicted molar refractivity (Wildman–Crippen MR) is 94.0 cm³/mol. The van der Waals surface area contributed by atoms with Gasteiger partial charge in [0.25, 0.3) is 0 Å². The summed E-state index contributed by atoms with van der Waals surface area (Å²) < 4.78 is 0. The maximum absolute atomic E-state index is 12.0. The summed E-state index contributed by atoms with van der Waals surface area (Å²) in [5.41, 5.74) is 4.19. The highest BCUT2D eigenvalue weighted by Gasteiger charge is 2.12. The average Bonchev–Trinajstić information content (AvgIpc) is 2.42. The molecular weight excluding hydrogens is 312 g/mol. The Morgan fingerprint density at radius 2 is 1.57 bits per heavy atom. The quantitative estimate of drug-likeness (QED) is 0.824. The van der Waals surface area contributed by atoms with Crippen LogP contribution in [0.5, 0.6) is 0 Å². The number of carbonyl (C=O) groups excluding carboxylic acids is 2. The fourth-order valence-corrected chi connectivity index (χ4v) is 2.51. The van der Waals surface area contributed by atoms with E-state index in [-0.39, 0.29) is 18.2 Å². The maximum Gasteiger partial charge on any atom is 0.233 e. The molecule has 0 bridgehead atoms. The van der Waals surface area contributed by atoms with Gasteiger partial charge in [-0.25, -0.2) is 0 Å². The highest BCUT2D eigenvalue weighted by Crippen LogP contribution is 2.23. The molecule has 0 aromatic heterocycles. The molecule has 0 aliphatic carbocycles. The van der Waals surface area contributed by atoms with Crippen molar-refractivity contribution >= 4 is 34.8 Å². The van der Waals surface area contributed by atoms with Crippen LogP contribution in [-0.2, 0) is 9.59 Å². The summed E-state index contributed by atoms with van der Waals surface area (Å²) in [6, 6.07) is 11.0. The number of nitrogens with one attached hydrogen (secondary N) is 2. The third kappa shape index (κ3) is 4.83. The van der Waals surface area contributed by atoms with Gasteiger partial charge in [-0.2, -0.15) is 0 Å². The zero-order valence-electron chi connectivity index (χ0n) is 13.4. The number of benzene rings is 2. The van der Waals surface area contributed by atoms with Crippen LogP contribution in [0.25, 0.3) is 0 Å². The van der Waals surface area contributed by atoms with E-state index in [9.17, 15) is 9.59 Å². The summed E-state index contributed by atoms with van der Waals surface area (Å²) in [6.07, 6.45) is -0.251. The van der Waals surface area contributed by atoms with Crippen LogP contribution >= 0.6 is 11.6 Å². The van der Waals surface area contributed by atoms with E-state index < -0.39 is 0 Å². The number of carbonyl (C=O) groups is 2. The van der Waals surface area contributed by atoms with Crippen LogP contribution in [0.1, 0.15) is 23.1 Å². The predicted octanol–water partition coefficient (Wildman–Crippen LogP) is 4.23. The smallest absolute Gasteiger partial charge is 0.233 e. The van der Waals surface area contributed by atoms with E-state index in [1.807, 2.05) is 39.0 Å². The molecule has 2 aromatic carbocycles. The number of amides is 2. The standard InChI is InChI=1S/C18H19ClN2O2/c1-11-7-12(2)9-14(8-11)20-17(22)10-18(23)21-16-6-4-5-15(19)13(16)3/h4-9H,10H2,1-3H3,(H,20,22)(H,21,23). The van der Waals surface area contributed by atoms with Crippen molar-refractivity contribution in [2.45, 2.75) is 27.2 Å². The number of rotatable bonds is 4. The minimum atomic E-state index is -0.378. The van der Waals surface area contributed by atoms with Gasteiger partial charge in [0.1, 0.15) is 6.42 Å². The largest absolute Gasteiger partial charge is 0.326 e. The Hall–Kier alpha value is -2.33. The van der Waals surface area contributed by atoms with Gasteiger partial charge in [-0.15, -0.1) is 0 Å². The Morgan fingerprint density at radius 3 is 2.22 bits per heavy atom. The van der Waals surface area contributed by atoms with Gasteiger partial charge in [0.2, 0.25) is 11.8 Å². The van der Waals surface area contributed by atoms with Crippen LogP contribution in [0.2, 0.25) is 5.02 Å². The van der Waals surface area contributed by atoms with Crippen LogP contribution in [0, 0.1) is 20.8 Å². The van der Waals surface area contributed by atoms with Gasteiger partial charge in [-0.1, -0.05) is 23.7 Å². The summed E-state index contributed by atoms with van der Waals surface area (Å²) in [5, 5.41) is 6.02. The molecule has 120 valence electrons. The number of halogens is 1. The van der Waals surface area contributed by atoms with Gasteiger partial charge in [0.15, 0.2) is 0 Å². The molecule has 5 heteroatoms. The molecule has 4 nitrogen and oxygen atoms in total. The molecular formula is C18H19ClN2O2. The van der Waals surface area contributed by atoms with E-state index in [0.29, 0.717) is 16.4 Å².